The molecule has 0 bridgehead atoms. The van der Waals surface area contributed by atoms with E-state index in [2.05, 4.69) is 38.2 Å². The van der Waals surface area contributed by atoms with E-state index < -0.39 is 0 Å². The molecule has 0 aliphatic carbocycles. The molecule has 1 amide bonds. The molecule has 3 nitrogen and oxygen atoms in total. The Bertz CT molecular complexity index is 454. The summed E-state index contributed by atoms with van der Waals surface area (Å²) in [7, 11) is 0. The second-order valence-electron chi connectivity index (χ2n) is 4.27. The zero-order valence-electron chi connectivity index (χ0n) is 11.0. The minimum absolute atomic E-state index is 0.0189. The Balaban J connectivity index is 2.54. The van der Waals surface area contributed by atoms with Gasteiger partial charge >= 0.3 is 0 Å². The molecule has 0 radical (unpaired) electrons. The number of hydrogen-bond donors (Lipinski definition) is 1. The Kier molecular flexibility index (Phi) is 5.73. The summed E-state index contributed by atoms with van der Waals surface area (Å²) >= 11 is 1.55. The molecule has 0 spiro atoms. The van der Waals surface area contributed by atoms with Gasteiger partial charge in [-0.15, -0.1) is 11.8 Å². The first kappa shape index (κ1) is 14.6. The molecule has 18 heavy (non-hydrogen) atoms. The van der Waals surface area contributed by atoms with Crippen LogP contribution in [-0.2, 0) is 4.79 Å². The van der Waals surface area contributed by atoms with E-state index in [-0.39, 0.29) is 5.91 Å². The summed E-state index contributed by atoms with van der Waals surface area (Å²) < 4.78 is 0. The van der Waals surface area contributed by atoms with Crippen LogP contribution in [0.5, 0.6) is 0 Å². The van der Waals surface area contributed by atoms with Crippen molar-refractivity contribution in [2.24, 2.45) is 0 Å². The molecule has 1 aromatic carbocycles. The number of hydrogen-bond acceptors (Lipinski definition) is 3. The highest BCUT2D eigenvalue weighted by Crippen LogP contribution is 2.27. The molecule has 0 fully saturated rings. The van der Waals surface area contributed by atoms with Gasteiger partial charge in [-0.05, 0) is 31.9 Å². The predicted molar refractivity (Wildman–Crippen MR) is 74.6 cm³/mol. The number of nitrogens with one attached hydrogen (secondary N) is 1. The van der Waals surface area contributed by atoms with Crippen molar-refractivity contribution in [3.63, 3.8) is 0 Å². The van der Waals surface area contributed by atoms with E-state index in [1.807, 2.05) is 6.07 Å². The molecule has 0 aromatic heterocycles. The monoisotopic (exact) mass is 262 g/mol. The van der Waals surface area contributed by atoms with Crippen LogP contribution >= 0.6 is 11.8 Å². The van der Waals surface area contributed by atoms with Crippen LogP contribution in [-0.4, -0.2) is 18.2 Å². The van der Waals surface area contributed by atoms with Gasteiger partial charge in [0.15, 0.2) is 0 Å². The van der Waals surface area contributed by atoms with E-state index in [1.54, 1.807) is 11.8 Å². The SMILES string of the molecule is Cc1cc(C)c(SCC(=O)NCCC#N)c(C)c1. The topological polar surface area (TPSA) is 52.9 Å². The van der Waals surface area contributed by atoms with Gasteiger partial charge in [0.05, 0.1) is 18.2 Å². The lowest BCUT2D eigenvalue weighted by atomic mass is 10.1. The van der Waals surface area contributed by atoms with Crippen molar-refractivity contribution in [3.05, 3.63) is 28.8 Å². The van der Waals surface area contributed by atoms with Gasteiger partial charge < -0.3 is 5.32 Å². The van der Waals surface area contributed by atoms with E-state index in [4.69, 9.17) is 5.26 Å². The van der Waals surface area contributed by atoms with Crippen molar-refractivity contribution in [2.45, 2.75) is 32.1 Å². The van der Waals surface area contributed by atoms with Crippen LogP contribution in [0.4, 0.5) is 0 Å². The largest absolute Gasteiger partial charge is 0.354 e. The lowest BCUT2D eigenvalue weighted by Crippen LogP contribution is -2.25. The summed E-state index contributed by atoms with van der Waals surface area (Å²) in [6.07, 6.45) is 0.360. The first-order valence-electron chi connectivity index (χ1n) is 5.89. The van der Waals surface area contributed by atoms with Gasteiger partial charge in [0, 0.05) is 11.4 Å². The number of aryl methyl sites for hydroxylation is 3. The minimum Gasteiger partial charge on any atom is -0.354 e. The Hall–Kier alpha value is -1.47. The van der Waals surface area contributed by atoms with Crippen LogP contribution in [0.3, 0.4) is 0 Å². The van der Waals surface area contributed by atoms with Crippen LogP contribution in [0, 0.1) is 32.1 Å². The third-order valence-electron chi connectivity index (χ3n) is 2.51. The number of carbonyl (C=O) groups excluding carboxylic acids is 1. The van der Waals surface area contributed by atoms with Gasteiger partial charge in [0.25, 0.3) is 0 Å². The van der Waals surface area contributed by atoms with Crippen LogP contribution in [0.1, 0.15) is 23.1 Å². The molecule has 1 N–H and O–H groups in total. The Labute approximate surface area is 113 Å². The van der Waals surface area contributed by atoms with Crippen molar-refractivity contribution in [2.75, 3.05) is 12.3 Å². The highest BCUT2D eigenvalue weighted by atomic mass is 32.2. The Morgan fingerprint density at radius 2 is 1.94 bits per heavy atom. The smallest absolute Gasteiger partial charge is 0.230 e. The molecule has 0 aliphatic heterocycles. The summed E-state index contributed by atoms with van der Waals surface area (Å²) in [5.41, 5.74) is 3.66. The zero-order chi connectivity index (χ0) is 13.5. The summed E-state index contributed by atoms with van der Waals surface area (Å²) in [5, 5.41) is 11.1. The minimum atomic E-state index is -0.0189. The maximum atomic E-state index is 11.5. The van der Waals surface area contributed by atoms with Gasteiger partial charge in [-0.2, -0.15) is 5.26 Å². The van der Waals surface area contributed by atoms with E-state index in [0.717, 1.165) is 0 Å². The first-order chi connectivity index (χ1) is 8.54. The van der Waals surface area contributed by atoms with Crippen LogP contribution in [0.25, 0.3) is 0 Å². The fourth-order valence-corrected chi connectivity index (χ4v) is 2.79. The molecular weight excluding hydrogens is 244 g/mol. The fraction of sp³-hybridized carbons (Fsp3) is 0.429. The molecule has 0 heterocycles. The van der Waals surface area contributed by atoms with Crippen molar-refractivity contribution in [1.29, 1.82) is 5.26 Å². The lowest BCUT2D eigenvalue weighted by Gasteiger charge is -2.10. The van der Waals surface area contributed by atoms with Crippen LogP contribution in [0.2, 0.25) is 0 Å². The maximum Gasteiger partial charge on any atom is 0.230 e. The molecule has 0 saturated carbocycles. The van der Waals surface area contributed by atoms with Gasteiger partial charge in [0.1, 0.15) is 0 Å². The summed E-state index contributed by atoms with van der Waals surface area (Å²) in [6.45, 7) is 6.64. The number of amides is 1. The number of nitriles is 1. The van der Waals surface area contributed by atoms with E-state index in [1.165, 1.54) is 21.6 Å². The molecule has 4 heteroatoms. The van der Waals surface area contributed by atoms with Crippen molar-refractivity contribution in [1.82, 2.24) is 5.32 Å². The summed E-state index contributed by atoms with van der Waals surface area (Å²) in [6, 6.07) is 6.26. The maximum absolute atomic E-state index is 11.5. The highest BCUT2D eigenvalue weighted by molar-refractivity contribution is 8.00. The molecule has 96 valence electrons. The van der Waals surface area contributed by atoms with Gasteiger partial charge in [-0.1, -0.05) is 17.7 Å². The van der Waals surface area contributed by atoms with Crippen molar-refractivity contribution >= 4 is 17.7 Å². The van der Waals surface area contributed by atoms with Gasteiger partial charge in [-0.3, -0.25) is 4.79 Å². The predicted octanol–water partition coefficient (Wildman–Crippen LogP) is 2.73. The number of rotatable bonds is 5. The number of benzene rings is 1. The fourth-order valence-electron chi connectivity index (χ4n) is 1.84. The van der Waals surface area contributed by atoms with Gasteiger partial charge in [-0.25, -0.2) is 0 Å². The molecular formula is C14H18N2OS. The molecule has 0 aliphatic rings. The molecule has 1 rings (SSSR count). The first-order valence-corrected chi connectivity index (χ1v) is 6.87. The molecule has 0 atom stereocenters. The normalized spacial score (nSPS) is 9.89. The van der Waals surface area contributed by atoms with E-state index in [9.17, 15) is 4.79 Å². The third kappa shape index (κ3) is 4.42. The molecule has 0 unspecified atom stereocenters. The third-order valence-corrected chi connectivity index (χ3v) is 3.85. The number of thioether (sulfide) groups is 1. The average molecular weight is 262 g/mol. The van der Waals surface area contributed by atoms with Gasteiger partial charge in [0.2, 0.25) is 5.91 Å². The Morgan fingerprint density at radius 3 is 2.50 bits per heavy atom. The quantitative estimate of drug-likeness (QED) is 0.655. The highest BCUT2D eigenvalue weighted by Gasteiger charge is 2.07. The second kappa shape index (κ2) is 7.07. The second-order valence-corrected chi connectivity index (χ2v) is 5.26. The number of carbonyl (C=O) groups is 1. The van der Waals surface area contributed by atoms with Crippen LogP contribution < -0.4 is 5.32 Å². The van der Waals surface area contributed by atoms with E-state index in [0.29, 0.717) is 18.7 Å². The van der Waals surface area contributed by atoms with Crippen molar-refractivity contribution < 1.29 is 4.79 Å². The lowest BCUT2D eigenvalue weighted by molar-refractivity contribution is -0.118. The summed E-state index contributed by atoms with van der Waals surface area (Å²) in [5.74, 6) is 0.380. The zero-order valence-corrected chi connectivity index (χ0v) is 11.9. The van der Waals surface area contributed by atoms with Crippen molar-refractivity contribution in [3.8, 4) is 6.07 Å². The van der Waals surface area contributed by atoms with Crippen LogP contribution in [0.15, 0.2) is 17.0 Å². The molecule has 0 saturated heterocycles. The van der Waals surface area contributed by atoms with E-state index >= 15 is 0 Å². The Morgan fingerprint density at radius 1 is 1.33 bits per heavy atom. The standard InChI is InChI=1S/C14H18N2OS/c1-10-7-11(2)14(12(3)8-10)18-9-13(17)16-6-4-5-15/h7-8H,4,6,9H2,1-3H3,(H,16,17). The summed E-state index contributed by atoms with van der Waals surface area (Å²) in [4.78, 5) is 12.7. The number of nitrogens with zero attached hydrogens (tertiary/aromatic N) is 1. The molecule has 1 aromatic rings. The average Bonchev–Trinajstić information content (AvgIpc) is 2.27.